The van der Waals surface area contributed by atoms with Crippen LogP contribution in [0.25, 0.3) is 0 Å². The van der Waals surface area contributed by atoms with Crippen molar-refractivity contribution in [2.24, 2.45) is 0 Å². The Balaban J connectivity index is 2.13. The van der Waals surface area contributed by atoms with E-state index >= 15 is 0 Å². The molecule has 1 unspecified atom stereocenters. The molecular formula is C17H18O2. The van der Waals surface area contributed by atoms with Gasteiger partial charge in [-0.25, -0.2) is 0 Å². The summed E-state index contributed by atoms with van der Waals surface area (Å²) in [6.45, 7) is 2.06. The minimum absolute atomic E-state index is 0.735. The lowest BCUT2D eigenvalue weighted by Crippen LogP contribution is -2.23. The zero-order valence-electron chi connectivity index (χ0n) is 11.3. The minimum Gasteiger partial charge on any atom is -0.497 e. The summed E-state index contributed by atoms with van der Waals surface area (Å²) in [6, 6.07) is 14.1. The third-order valence-electron chi connectivity index (χ3n) is 4.01. The number of ether oxygens (including phenoxy) is 1. The summed E-state index contributed by atoms with van der Waals surface area (Å²) < 4.78 is 5.26. The molecule has 1 N–H and O–H groups in total. The summed E-state index contributed by atoms with van der Waals surface area (Å²) in [4.78, 5) is 0. The molecule has 3 rings (SSSR count). The Kier molecular flexibility index (Phi) is 2.83. The SMILES string of the molecule is COc1cccc(C2(O)CCc3ccc(C)cc32)c1. The van der Waals surface area contributed by atoms with E-state index in [4.69, 9.17) is 4.74 Å². The molecule has 0 amide bonds. The van der Waals surface area contributed by atoms with Gasteiger partial charge in [0.25, 0.3) is 0 Å². The van der Waals surface area contributed by atoms with Crippen LogP contribution in [0.15, 0.2) is 42.5 Å². The van der Waals surface area contributed by atoms with E-state index in [0.717, 1.165) is 29.7 Å². The van der Waals surface area contributed by atoms with Crippen molar-refractivity contribution in [3.05, 3.63) is 64.7 Å². The molecule has 1 atom stereocenters. The molecular weight excluding hydrogens is 236 g/mol. The second-order valence-electron chi connectivity index (χ2n) is 5.25. The molecule has 0 bridgehead atoms. The second-order valence-corrected chi connectivity index (χ2v) is 5.25. The quantitative estimate of drug-likeness (QED) is 0.892. The Hall–Kier alpha value is -1.80. The van der Waals surface area contributed by atoms with E-state index in [1.165, 1.54) is 11.1 Å². The number of rotatable bonds is 2. The van der Waals surface area contributed by atoms with Gasteiger partial charge in [0.2, 0.25) is 0 Å². The van der Waals surface area contributed by atoms with E-state index in [-0.39, 0.29) is 0 Å². The van der Waals surface area contributed by atoms with Crippen LogP contribution in [0.2, 0.25) is 0 Å². The lowest BCUT2D eigenvalue weighted by Gasteiger charge is -2.25. The maximum absolute atomic E-state index is 11.1. The maximum atomic E-state index is 11.1. The predicted octanol–water partition coefficient (Wildman–Crippen LogP) is 3.19. The topological polar surface area (TPSA) is 29.5 Å². The Morgan fingerprint density at radius 2 is 2.00 bits per heavy atom. The van der Waals surface area contributed by atoms with Crippen LogP contribution in [-0.4, -0.2) is 12.2 Å². The van der Waals surface area contributed by atoms with E-state index in [0.29, 0.717) is 0 Å². The number of benzene rings is 2. The molecule has 1 aliphatic carbocycles. The van der Waals surface area contributed by atoms with Gasteiger partial charge in [-0.2, -0.15) is 0 Å². The number of fused-ring (bicyclic) bond motifs is 1. The fourth-order valence-corrected chi connectivity index (χ4v) is 2.92. The molecule has 0 heterocycles. The van der Waals surface area contributed by atoms with Crippen molar-refractivity contribution in [3.63, 3.8) is 0 Å². The van der Waals surface area contributed by atoms with Gasteiger partial charge in [0.15, 0.2) is 0 Å². The zero-order chi connectivity index (χ0) is 13.5. The standard InChI is InChI=1S/C17H18O2/c1-12-6-7-13-8-9-17(18,16(13)10-12)14-4-3-5-15(11-14)19-2/h3-7,10-11,18H,8-9H2,1-2H3. The molecule has 2 aromatic carbocycles. The first-order valence-corrected chi connectivity index (χ1v) is 6.60. The average Bonchev–Trinajstić information content (AvgIpc) is 2.77. The van der Waals surface area contributed by atoms with Crippen LogP contribution in [0.1, 0.15) is 28.7 Å². The van der Waals surface area contributed by atoms with Crippen molar-refractivity contribution in [1.29, 1.82) is 0 Å². The molecule has 19 heavy (non-hydrogen) atoms. The summed E-state index contributed by atoms with van der Waals surface area (Å²) in [7, 11) is 1.65. The maximum Gasteiger partial charge on any atom is 0.119 e. The van der Waals surface area contributed by atoms with Gasteiger partial charge in [-0.05, 0) is 48.6 Å². The normalized spacial score (nSPS) is 21.2. The summed E-state index contributed by atoms with van der Waals surface area (Å²) in [5.74, 6) is 0.784. The molecule has 1 aliphatic rings. The van der Waals surface area contributed by atoms with Crippen LogP contribution in [0.5, 0.6) is 5.75 Å². The van der Waals surface area contributed by atoms with Gasteiger partial charge >= 0.3 is 0 Å². The van der Waals surface area contributed by atoms with Crippen molar-refractivity contribution in [2.45, 2.75) is 25.4 Å². The first-order chi connectivity index (χ1) is 9.13. The van der Waals surface area contributed by atoms with Gasteiger partial charge in [-0.15, -0.1) is 0 Å². The molecule has 0 radical (unpaired) electrons. The number of aryl methyl sites for hydroxylation is 2. The number of hydrogen-bond acceptors (Lipinski definition) is 2. The van der Waals surface area contributed by atoms with Crippen LogP contribution in [-0.2, 0) is 12.0 Å². The molecule has 98 valence electrons. The molecule has 0 fully saturated rings. The van der Waals surface area contributed by atoms with E-state index in [2.05, 4.69) is 25.1 Å². The highest BCUT2D eigenvalue weighted by Gasteiger charge is 2.38. The zero-order valence-corrected chi connectivity index (χ0v) is 11.3. The van der Waals surface area contributed by atoms with Gasteiger partial charge in [0, 0.05) is 0 Å². The van der Waals surface area contributed by atoms with E-state index in [9.17, 15) is 5.11 Å². The fourth-order valence-electron chi connectivity index (χ4n) is 2.92. The molecule has 0 saturated carbocycles. The molecule has 2 nitrogen and oxygen atoms in total. The first-order valence-electron chi connectivity index (χ1n) is 6.60. The van der Waals surface area contributed by atoms with E-state index in [1.54, 1.807) is 7.11 Å². The monoisotopic (exact) mass is 254 g/mol. The molecule has 0 saturated heterocycles. The summed E-state index contributed by atoms with van der Waals surface area (Å²) in [5.41, 5.74) is 3.51. The highest BCUT2D eigenvalue weighted by Crippen LogP contribution is 2.43. The summed E-state index contributed by atoms with van der Waals surface area (Å²) >= 11 is 0. The van der Waals surface area contributed by atoms with Gasteiger partial charge in [0.1, 0.15) is 11.4 Å². The summed E-state index contributed by atoms with van der Waals surface area (Å²) in [5, 5.41) is 11.1. The molecule has 0 aromatic heterocycles. The lowest BCUT2D eigenvalue weighted by atomic mass is 9.87. The first kappa shape index (κ1) is 12.2. The minimum atomic E-state index is -0.879. The van der Waals surface area contributed by atoms with Crippen LogP contribution >= 0.6 is 0 Å². The van der Waals surface area contributed by atoms with Crippen LogP contribution < -0.4 is 4.74 Å². The largest absolute Gasteiger partial charge is 0.497 e. The van der Waals surface area contributed by atoms with Crippen molar-refractivity contribution in [3.8, 4) is 5.75 Å². The smallest absolute Gasteiger partial charge is 0.119 e. The van der Waals surface area contributed by atoms with Gasteiger partial charge in [-0.3, -0.25) is 0 Å². The van der Waals surface area contributed by atoms with Crippen molar-refractivity contribution in [2.75, 3.05) is 7.11 Å². The molecule has 2 heteroatoms. The molecule has 0 aliphatic heterocycles. The number of hydrogen-bond donors (Lipinski definition) is 1. The molecule has 0 spiro atoms. The summed E-state index contributed by atoms with van der Waals surface area (Å²) in [6.07, 6.45) is 1.66. The van der Waals surface area contributed by atoms with Crippen LogP contribution in [0.3, 0.4) is 0 Å². The van der Waals surface area contributed by atoms with E-state index < -0.39 is 5.60 Å². The fraction of sp³-hybridized carbons (Fsp3) is 0.294. The van der Waals surface area contributed by atoms with Crippen molar-refractivity contribution in [1.82, 2.24) is 0 Å². The van der Waals surface area contributed by atoms with Gasteiger partial charge < -0.3 is 9.84 Å². The van der Waals surface area contributed by atoms with Gasteiger partial charge in [-0.1, -0.05) is 35.9 Å². The lowest BCUT2D eigenvalue weighted by molar-refractivity contribution is 0.0826. The average molecular weight is 254 g/mol. The Morgan fingerprint density at radius 1 is 1.16 bits per heavy atom. The number of methoxy groups -OCH3 is 1. The Labute approximate surface area is 113 Å². The van der Waals surface area contributed by atoms with Gasteiger partial charge in [0.05, 0.1) is 7.11 Å². The van der Waals surface area contributed by atoms with Crippen molar-refractivity contribution >= 4 is 0 Å². The molecule has 2 aromatic rings. The Bertz CT molecular complexity index is 618. The van der Waals surface area contributed by atoms with E-state index in [1.807, 2.05) is 24.3 Å². The highest BCUT2D eigenvalue weighted by molar-refractivity contribution is 5.48. The number of aliphatic hydroxyl groups is 1. The second kappa shape index (κ2) is 4.39. The van der Waals surface area contributed by atoms with Crippen LogP contribution in [0.4, 0.5) is 0 Å². The van der Waals surface area contributed by atoms with Crippen molar-refractivity contribution < 1.29 is 9.84 Å². The third kappa shape index (κ3) is 1.92. The predicted molar refractivity (Wildman–Crippen MR) is 75.5 cm³/mol. The third-order valence-corrected chi connectivity index (χ3v) is 4.01. The highest BCUT2D eigenvalue weighted by atomic mass is 16.5. The Morgan fingerprint density at radius 3 is 2.79 bits per heavy atom. The van der Waals surface area contributed by atoms with Crippen LogP contribution in [0, 0.1) is 6.92 Å².